The van der Waals surface area contributed by atoms with Crippen molar-refractivity contribution in [3.8, 4) is 0 Å². The molecule has 0 bridgehead atoms. The van der Waals surface area contributed by atoms with Crippen LogP contribution in [0.3, 0.4) is 0 Å². The fraction of sp³-hybridized carbons (Fsp3) is 0.636. The molecule has 17 heavy (non-hydrogen) atoms. The molecule has 1 unspecified atom stereocenters. The summed E-state index contributed by atoms with van der Waals surface area (Å²) in [5.41, 5.74) is 0. The van der Waals surface area contributed by atoms with Gasteiger partial charge in [0.15, 0.2) is 5.82 Å². The van der Waals surface area contributed by atoms with Crippen LogP contribution in [0.1, 0.15) is 24.8 Å². The molecule has 5 nitrogen and oxygen atoms in total. The molecule has 1 fully saturated rings. The van der Waals surface area contributed by atoms with Crippen LogP contribution >= 0.6 is 11.6 Å². The Morgan fingerprint density at radius 2 is 2.47 bits per heavy atom. The third-order valence-corrected chi connectivity index (χ3v) is 2.74. The van der Waals surface area contributed by atoms with Gasteiger partial charge in [-0.05, 0) is 12.8 Å². The predicted octanol–water partition coefficient (Wildman–Crippen LogP) is 2.04. The first-order valence-corrected chi connectivity index (χ1v) is 6.06. The number of ether oxygens (including phenoxy) is 2. The lowest BCUT2D eigenvalue weighted by Crippen LogP contribution is -2.11. The number of aromatic nitrogens is 2. The Bertz CT molecular complexity index is 370. The Morgan fingerprint density at radius 3 is 3.18 bits per heavy atom. The summed E-state index contributed by atoms with van der Waals surface area (Å²) < 4.78 is 10.5. The summed E-state index contributed by atoms with van der Waals surface area (Å²) in [6.45, 7) is 2.08. The summed E-state index contributed by atoms with van der Waals surface area (Å²) in [5.74, 6) is 1.38. The second-order valence-electron chi connectivity index (χ2n) is 3.86. The van der Waals surface area contributed by atoms with Crippen LogP contribution in [0.15, 0.2) is 6.07 Å². The number of anilines is 1. The molecule has 1 saturated heterocycles. The minimum atomic E-state index is -0.0170. The largest absolute Gasteiger partial charge is 0.383 e. The average Bonchev–Trinajstić information content (AvgIpc) is 2.82. The molecule has 0 aliphatic carbocycles. The molecule has 1 aromatic rings. The van der Waals surface area contributed by atoms with Gasteiger partial charge < -0.3 is 14.8 Å². The maximum absolute atomic E-state index is 5.96. The summed E-state index contributed by atoms with van der Waals surface area (Å²) in [6, 6.07) is 1.70. The van der Waals surface area contributed by atoms with E-state index in [0.29, 0.717) is 29.9 Å². The second-order valence-corrected chi connectivity index (χ2v) is 4.24. The third kappa shape index (κ3) is 3.52. The lowest BCUT2D eigenvalue weighted by Gasteiger charge is -2.11. The van der Waals surface area contributed by atoms with Crippen LogP contribution < -0.4 is 5.32 Å². The SMILES string of the molecule is COCCNc1cc(Cl)nc(C2CCCO2)n1. The zero-order chi connectivity index (χ0) is 12.1. The normalized spacial score (nSPS) is 19.5. The summed E-state index contributed by atoms with van der Waals surface area (Å²) in [7, 11) is 1.66. The lowest BCUT2D eigenvalue weighted by molar-refractivity contribution is 0.105. The number of halogens is 1. The van der Waals surface area contributed by atoms with Gasteiger partial charge in [0.2, 0.25) is 0 Å². The van der Waals surface area contributed by atoms with Gasteiger partial charge in [0.1, 0.15) is 17.1 Å². The molecule has 6 heteroatoms. The van der Waals surface area contributed by atoms with E-state index in [4.69, 9.17) is 21.1 Å². The summed E-state index contributed by atoms with van der Waals surface area (Å²) in [4.78, 5) is 8.60. The first kappa shape index (κ1) is 12.5. The Morgan fingerprint density at radius 1 is 1.59 bits per heavy atom. The molecule has 1 aromatic heterocycles. The zero-order valence-electron chi connectivity index (χ0n) is 9.78. The quantitative estimate of drug-likeness (QED) is 0.646. The molecule has 2 heterocycles. The molecule has 0 amide bonds. The van der Waals surface area contributed by atoms with Gasteiger partial charge in [0, 0.05) is 26.3 Å². The number of nitrogens with zero attached hydrogens (tertiary/aromatic N) is 2. The molecule has 94 valence electrons. The van der Waals surface area contributed by atoms with Crippen LogP contribution in [0.5, 0.6) is 0 Å². The molecule has 0 saturated carbocycles. The average molecular weight is 258 g/mol. The molecular formula is C11H16ClN3O2. The molecule has 1 aliphatic heterocycles. The fourth-order valence-electron chi connectivity index (χ4n) is 1.73. The Balaban J connectivity index is 2.05. The van der Waals surface area contributed by atoms with Crippen molar-refractivity contribution in [2.24, 2.45) is 0 Å². The van der Waals surface area contributed by atoms with E-state index in [-0.39, 0.29) is 6.10 Å². The van der Waals surface area contributed by atoms with Crippen molar-refractivity contribution in [3.63, 3.8) is 0 Å². The standard InChI is InChI=1S/C11H16ClN3O2/c1-16-6-4-13-10-7-9(12)14-11(15-10)8-3-2-5-17-8/h7-8H,2-6H2,1H3,(H,13,14,15). The minimum absolute atomic E-state index is 0.0170. The topological polar surface area (TPSA) is 56.3 Å². The number of nitrogens with one attached hydrogen (secondary N) is 1. The fourth-order valence-corrected chi connectivity index (χ4v) is 1.92. The third-order valence-electron chi connectivity index (χ3n) is 2.54. The van der Waals surface area contributed by atoms with Crippen molar-refractivity contribution in [1.82, 2.24) is 9.97 Å². The highest BCUT2D eigenvalue weighted by molar-refractivity contribution is 6.29. The van der Waals surface area contributed by atoms with E-state index in [0.717, 1.165) is 19.4 Å². The Labute approximate surface area is 105 Å². The van der Waals surface area contributed by atoms with Crippen molar-refractivity contribution in [1.29, 1.82) is 0 Å². The number of rotatable bonds is 5. The smallest absolute Gasteiger partial charge is 0.161 e. The predicted molar refractivity (Wildman–Crippen MR) is 65.3 cm³/mol. The first-order valence-electron chi connectivity index (χ1n) is 5.68. The van der Waals surface area contributed by atoms with Gasteiger partial charge in [0.25, 0.3) is 0 Å². The molecule has 0 spiro atoms. The van der Waals surface area contributed by atoms with Crippen molar-refractivity contribution >= 4 is 17.4 Å². The van der Waals surface area contributed by atoms with Crippen LogP contribution in [0.25, 0.3) is 0 Å². The highest BCUT2D eigenvalue weighted by Crippen LogP contribution is 2.27. The van der Waals surface area contributed by atoms with E-state index in [1.54, 1.807) is 13.2 Å². The highest BCUT2D eigenvalue weighted by atomic mass is 35.5. The van der Waals surface area contributed by atoms with Crippen LogP contribution in [0.4, 0.5) is 5.82 Å². The van der Waals surface area contributed by atoms with E-state index in [2.05, 4.69) is 15.3 Å². The molecule has 2 rings (SSSR count). The van der Waals surface area contributed by atoms with Gasteiger partial charge in [-0.1, -0.05) is 11.6 Å². The highest BCUT2D eigenvalue weighted by Gasteiger charge is 2.21. The second kappa shape index (κ2) is 6.14. The van der Waals surface area contributed by atoms with Gasteiger partial charge in [-0.2, -0.15) is 0 Å². The first-order chi connectivity index (χ1) is 8.29. The maximum Gasteiger partial charge on any atom is 0.161 e. The Hall–Kier alpha value is -0.910. The van der Waals surface area contributed by atoms with Crippen molar-refractivity contribution < 1.29 is 9.47 Å². The zero-order valence-corrected chi connectivity index (χ0v) is 10.5. The van der Waals surface area contributed by atoms with Gasteiger partial charge >= 0.3 is 0 Å². The molecule has 0 radical (unpaired) electrons. The number of hydrogen-bond acceptors (Lipinski definition) is 5. The van der Waals surface area contributed by atoms with Crippen molar-refractivity contribution in [2.75, 3.05) is 32.2 Å². The Kier molecular flexibility index (Phi) is 4.53. The van der Waals surface area contributed by atoms with E-state index in [9.17, 15) is 0 Å². The van der Waals surface area contributed by atoms with Gasteiger partial charge in [0.05, 0.1) is 6.61 Å². The van der Waals surface area contributed by atoms with Gasteiger partial charge in [-0.3, -0.25) is 0 Å². The number of hydrogen-bond donors (Lipinski definition) is 1. The molecular weight excluding hydrogens is 242 g/mol. The van der Waals surface area contributed by atoms with E-state index in [1.165, 1.54) is 0 Å². The van der Waals surface area contributed by atoms with Crippen LogP contribution in [0, 0.1) is 0 Å². The monoisotopic (exact) mass is 257 g/mol. The van der Waals surface area contributed by atoms with Gasteiger partial charge in [-0.15, -0.1) is 0 Å². The summed E-state index contributed by atoms with van der Waals surface area (Å²) in [5, 5.41) is 3.57. The van der Waals surface area contributed by atoms with Crippen LogP contribution in [-0.4, -0.2) is 36.8 Å². The van der Waals surface area contributed by atoms with E-state index in [1.807, 2.05) is 0 Å². The molecule has 0 aromatic carbocycles. The van der Waals surface area contributed by atoms with Crippen molar-refractivity contribution in [2.45, 2.75) is 18.9 Å². The van der Waals surface area contributed by atoms with Crippen LogP contribution in [0.2, 0.25) is 5.15 Å². The van der Waals surface area contributed by atoms with E-state index < -0.39 is 0 Å². The maximum atomic E-state index is 5.96. The summed E-state index contributed by atoms with van der Waals surface area (Å²) in [6.07, 6.45) is 1.99. The van der Waals surface area contributed by atoms with Crippen LogP contribution in [-0.2, 0) is 9.47 Å². The summed E-state index contributed by atoms with van der Waals surface area (Å²) >= 11 is 5.96. The molecule has 1 atom stereocenters. The molecule has 1 aliphatic rings. The lowest BCUT2D eigenvalue weighted by atomic mass is 10.2. The van der Waals surface area contributed by atoms with Gasteiger partial charge in [-0.25, -0.2) is 9.97 Å². The molecule has 1 N–H and O–H groups in total. The van der Waals surface area contributed by atoms with E-state index >= 15 is 0 Å². The number of methoxy groups -OCH3 is 1. The minimum Gasteiger partial charge on any atom is -0.383 e. The van der Waals surface area contributed by atoms with Crippen molar-refractivity contribution in [3.05, 3.63) is 17.0 Å².